The molecular formula is C13H23NO2. The molecule has 1 unspecified atom stereocenters. The maximum Gasteiger partial charge on any atom is 0.307 e. The molecule has 1 aliphatic rings. The van der Waals surface area contributed by atoms with E-state index in [0.29, 0.717) is 12.1 Å². The Morgan fingerprint density at radius 1 is 1.44 bits per heavy atom. The van der Waals surface area contributed by atoms with E-state index in [1.807, 2.05) is 6.08 Å². The lowest BCUT2D eigenvalue weighted by Crippen LogP contribution is -2.43. The number of carboxylic acid groups (broad SMARTS) is 1. The topological polar surface area (TPSA) is 40.5 Å². The third-order valence-corrected chi connectivity index (χ3v) is 3.20. The van der Waals surface area contributed by atoms with Crippen molar-refractivity contribution in [2.24, 2.45) is 0 Å². The van der Waals surface area contributed by atoms with Crippen LogP contribution < -0.4 is 0 Å². The molecule has 16 heavy (non-hydrogen) atoms. The van der Waals surface area contributed by atoms with Crippen LogP contribution in [-0.4, -0.2) is 34.6 Å². The summed E-state index contributed by atoms with van der Waals surface area (Å²) in [6, 6.07) is 1.21. The zero-order valence-corrected chi connectivity index (χ0v) is 10.4. The van der Waals surface area contributed by atoms with Crippen LogP contribution in [0.1, 0.15) is 46.0 Å². The zero-order valence-electron chi connectivity index (χ0n) is 10.4. The van der Waals surface area contributed by atoms with Crippen molar-refractivity contribution in [1.29, 1.82) is 0 Å². The number of hydrogen-bond donors (Lipinski definition) is 1. The minimum Gasteiger partial charge on any atom is -0.481 e. The highest BCUT2D eigenvalue weighted by Crippen LogP contribution is 2.22. The van der Waals surface area contributed by atoms with Gasteiger partial charge in [0.15, 0.2) is 0 Å². The fraction of sp³-hybridized carbons (Fsp3) is 0.769. The summed E-state index contributed by atoms with van der Waals surface area (Å²) in [7, 11) is 0. The molecule has 1 fully saturated rings. The lowest BCUT2D eigenvalue weighted by Gasteiger charge is -2.38. The quantitative estimate of drug-likeness (QED) is 0.731. The molecule has 0 spiro atoms. The molecule has 0 aromatic rings. The molecule has 0 radical (unpaired) electrons. The van der Waals surface area contributed by atoms with Crippen LogP contribution in [0.15, 0.2) is 12.2 Å². The predicted octanol–water partition coefficient (Wildman–Crippen LogP) is 2.67. The van der Waals surface area contributed by atoms with E-state index in [9.17, 15) is 4.79 Å². The van der Waals surface area contributed by atoms with Gasteiger partial charge in [0.2, 0.25) is 0 Å². The number of aliphatic carboxylic acids is 1. The van der Waals surface area contributed by atoms with Gasteiger partial charge in [0, 0.05) is 12.1 Å². The molecular weight excluding hydrogens is 202 g/mol. The van der Waals surface area contributed by atoms with E-state index < -0.39 is 5.97 Å². The molecule has 1 rings (SSSR count). The molecule has 1 saturated heterocycles. The van der Waals surface area contributed by atoms with Gasteiger partial charge in [0.25, 0.3) is 0 Å². The van der Waals surface area contributed by atoms with Crippen molar-refractivity contribution in [3.8, 4) is 0 Å². The SMILES string of the molecule is CC(C)N1CCCCC1C/C=C\CC(=O)O. The van der Waals surface area contributed by atoms with Gasteiger partial charge in [-0.15, -0.1) is 0 Å². The van der Waals surface area contributed by atoms with Crippen molar-refractivity contribution in [3.05, 3.63) is 12.2 Å². The third kappa shape index (κ3) is 4.35. The fourth-order valence-corrected chi connectivity index (χ4v) is 2.39. The minimum absolute atomic E-state index is 0.147. The molecule has 1 N–H and O–H groups in total. The second kappa shape index (κ2) is 6.69. The Bertz CT molecular complexity index is 248. The monoisotopic (exact) mass is 225 g/mol. The van der Waals surface area contributed by atoms with Crippen LogP contribution in [0, 0.1) is 0 Å². The van der Waals surface area contributed by atoms with Crippen molar-refractivity contribution in [2.75, 3.05) is 6.54 Å². The average molecular weight is 225 g/mol. The summed E-state index contributed by atoms with van der Waals surface area (Å²) in [5, 5.41) is 8.53. The van der Waals surface area contributed by atoms with E-state index in [2.05, 4.69) is 18.7 Å². The van der Waals surface area contributed by atoms with Gasteiger partial charge < -0.3 is 5.11 Å². The number of nitrogens with zero attached hydrogens (tertiary/aromatic N) is 1. The van der Waals surface area contributed by atoms with Gasteiger partial charge in [-0.3, -0.25) is 9.69 Å². The van der Waals surface area contributed by atoms with Crippen molar-refractivity contribution in [2.45, 2.75) is 58.0 Å². The molecule has 1 atom stereocenters. The van der Waals surface area contributed by atoms with Gasteiger partial charge in [-0.05, 0) is 39.7 Å². The largest absolute Gasteiger partial charge is 0.481 e. The Morgan fingerprint density at radius 3 is 2.81 bits per heavy atom. The average Bonchev–Trinajstić information content (AvgIpc) is 2.24. The number of rotatable bonds is 5. The normalized spacial score (nSPS) is 23.1. The second-order valence-corrected chi connectivity index (χ2v) is 4.79. The Balaban J connectivity index is 2.38. The molecule has 0 saturated carbocycles. The van der Waals surface area contributed by atoms with Gasteiger partial charge in [0.05, 0.1) is 6.42 Å². The Kier molecular flexibility index (Phi) is 5.53. The number of likely N-dealkylation sites (tertiary alicyclic amines) is 1. The number of carbonyl (C=O) groups is 1. The van der Waals surface area contributed by atoms with E-state index in [0.717, 1.165) is 6.42 Å². The Morgan fingerprint density at radius 2 is 2.19 bits per heavy atom. The third-order valence-electron chi connectivity index (χ3n) is 3.20. The maximum atomic E-state index is 10.4. The second-order valence-electron chi connectivity index (χ2n) is 4.79. The van der Waals surface area contributed by atoms with Gasteiger partial charge in [-0.1, -0.05) is 18.6 Å². The number of carboxylic acids is 1. The van der Waals surface area contributed by atoms with E-state index in [1.54, 1.807) is 6.08 Å². The first-order valence-electron chi connectivity index (χ1n) is 6.23. The summed E-state index contributed by atoms with van der Waals surface area (Å²) in [5.74, 6) is -0.749. The molecule has 1 aliphatic heterocycles. The summed E-state index contributed by atoms with van der Waals surface area (Å²) in [6.45, 7) is 5.66. The van der Waals surface area contributed by atoms with Crippen LogP contribution in [0.4, 0.5) is 0 Å². The van der Waals surface area contributed by atoms with Gasteiger partial charge in [0.1, 0.15) is 0 Å². The Hall–Kier alpha value is -0.830. The Labute approximate surface area is 98.1 Å². The first-order valence-corrected chi connectivity index (χ1v) is 6.23. The summed E-state index contributed by atoms with van der Waals surface area (Å²) in [5.41, 5.74) is 0. The van der Waals surface area contributed by atoms with Crippen LogP contribution >= 0.6 is 0 Å². The maximum absolute atomic E-state index is 10.4. The lowest BCUT2D eigenvalue weighted by atomic mass is 9.97. The smallest absolute Gasteiger partial charge is 0.307 e. The molecule has 3 heteroatoms. The van der Waals surface area contributed by atoms with Gasteiger partial charge in [-0.25, -0.2) is 0 Å². The van der Waals surface area contributed by atoms with Crippen molar-refractivity contribution in [1.82, 2.24) is 4.90 Å². The molecule has 0 aromatic heterocycles. The molecule has 1 heterocycles. The van der Waals surface area contributed by atoms with Crippen LogP contribution in [0.3, 0.4) is 0 Å². The highest BCUT2D eigenvalue weighted by atomic mass is 16.4. The number of piperidine rings is 1. The standard InChI is InChI=1S/C13H23NO2/c1-11(2)14-10-6-5-8-12(14)7-3-4-9-13(15)16/h3-4,11-12H,5-10H2,1-2H3,(H,15,16)/b4-3-. The predicted molar refractivity (Wildman–Crippen MR) is 65.5 cm³/mol. The minimum atomic E-state index is -0.749. The molecule has 0 aliphatic carbocycles. The highest BCUT2D eigenvalue weighted by molar-refractivity contribution is 5.68. The lowest BCUT2D eigenvalue weighted by molar-refractivity contribution is -0.136. The van der Waals surface area contributed by atoms with Crippen LogP contribution in [0.5, 0.6) is 0 Å². The van der Waals surface area contributed by atoms with Gasteiger partial charge >= 0.3 is 5.97 Å². The van der Waals surface area contributed by atoms with E-state index in [4.69, 9.17) is 5.11 Å². The first kappa shape index (κ1) is 13.2. The van der Waals surface area contributed by atoms with Crippen LogP contribution in [0.2, 0.25) is 0 Å². The molecule has 0 bridgehead atoms. The van der Waals surface area contributed by atoms with Crippen LogP contribution in [0.25, 0.3) is 0 Å². The summed E-state index contributed by atoms with van der Waals surface area (Å²) >= 11 is 0. The first-order chi connectivity index (χ1) is 7.61. The molecule has 3 nitrogen and oxygen atoms in total. The van der Waals surface area contributed by atoms with Gasteiger partial charge in [-0.2, -0.15) is 0 Å². The zero-order chi connectivity index (χ0) is 12.0. The van der Waals surface area contributed by atoms with Crippen molar-refractivity contribution < 1.29 is 9.90 Å². The van der Waals surface area contributed by atoms with E-state index >= 15 is 0 Å². The van der Waals surface area contributed by atoms with Crippen molar-refractivity contribution in [3.63, 3.8) is 0 Å². The highest BCUT2D eigenvalue weighted by Gasteiger charge is 2.22. The summed E-state index contributed by atoms with van der Waals surface area (Å²) in [4.78, 5) is 12.9. The molecule has 0 amide bonds. The summed E-state index contributed by atoms with van der Waals surface area (Å²) < 4.78 is 0. The van der Waals surface area contributed by atoms with Crippen molar-refractivity contribution >= 4 is 5.97 Å². The number of hydrogen-bond acceptors (Lipinski definition) is 2. The fourth-order valence-electron chi connectivity index (χ4n) is 2.39. The molecule has 92 valence electrons. The van der Waals surface area contributed by atoms with Crippen LogP contribution in [-0.2, 0) is 4.79 Å². The molecule has 0 aromatic carbocycles. The van der Waals surface area contributed by atoms with E-state index in [-0.39, 0.29) is 6.42 Å². The van der Waals surface area contributed by atoms with E-state index in [1.165, 1.54) is 25.8 Å². The summed E-state index contributed by atoms with van der Waals surface area (Å²) in [6.07, 6.45) is 8.79.